The van der Waals surface area contributed by atoms with Crippen molar-refractivity contribution in [2.75, 3.05) is 5.32 Å². The molecule has 1 N–H and O–H groups in total. The Morgan fingerprint density at radius 2 is 1.80 bits per heavy atom. The number of nitriles is 2. The summed E-state index contributed by atoms with van der Waals surface area (Å²) in [6, 6.07) is 27.9. The fraction of sp³-hybridized carbons (Fsp3) is 0.0690. The van der Waals surface area contributed by atoms with Crippen LogP contribution < -0.4 is 10.1 Å². The number of ether oxygens (including phenoxy) is 1. The summed E-state index contributed by atoms with van der Waals surface area (Å²) in [7, 11) is 0. The van der Waals surface area contributed by atoms with Crippen LogP contribution in [0.5, 0.6) is 5.75 Å². The Hall–Kier alpha value is -4.58. The number of fused-ring (bicyclic) bond motifs is 1. The second-order valence-corrected chi connectivity index (χ2v) is 8.28. The van der Waals surface area contributed by atoms with Gasteiger partial charge in [-0.3, -0.25) is 4.79 Å². The maximum atomic E-state index is 13.0. The van der Waals surface area contributed by atoms with E-state index in [1.165, 1.54) is 6.08 Å². The molecule has 0 aliphatic rings. The number of anilines is 1. The predicted molar refractivity (Wildman–Crippen MR) is 138 cm³/mol. The second kappa shape index (κ2) is 10.6. The maximum absolute atomic E-state index is 13.0. The topological polar surface area (TPSA) is 85.9 Å². The highest BCUT2D eigenvalue weighted by Crippen LogP contribution is 2.31. The van der Waals surface area contributed by atoms with Crippen LogP contribution in [0.2, 0.25) is 5.02 Å². The number of nitrogens with zero attached hydrogens (tertiary/aromatic N) is 2. The number of hydrogen-bond donors (Lipinski definition) is 1. The Bertz CT molecular complexity index is 1540. The highest BCUT2D eigenvalue weighted by atomic mass is 35.5. The van der Waals surface area contributed by atoms with Gasteiger partial charge in [0, 0.05) is 21.8 Å². The quantitative estimate of drug-likeness (QED) is 0.244. The van der Waals surface area contributed by atoms with E-state index in [2.05, 4.69) is 11.4 Å². The molecular weight excluding hydrogens is 458 g/mol. The van der Waals surface area contributed by atoms with Crippen molar-refractivity contribution in [3.8, 4) is 17.9 Å². The molecule has 0 radical (unpaired) electrons. The van der Waals surface area contributed by atoms with E-state index in [0.717, 1.165) is 21.9 Å². The number of rotatable bonds is 6. The molecule has 0 heterocycles. The van der Waals surface area contributed by atoms with Gasteiger partial charge in [-0.15, -0.1) is 0 Å². The van der Waals surface area contributed by atoms with Crippen molar-refractivity contribution < 1.29 is 9.53 Å². The van der Waals surface area contributed by atoms with Crippen LogP contribution in [0.4, 0.5) is 5.69 Å². The zero-order valence-corrected chi connectivity index (χ0v) is 19.6. The molecule has 0 spiro atoms. The van der Waals surface area contributed by atoms with Crippen LogP contribution in [0.25, 0.3) is 16.8 Å². The fourth-order valence-corrected chi connectivity index (χ4v) is 3.84. The molecule has 0 aromatic heterocycles. The Morgan fingerprint density at radius 1 is 1.03 bits per heavy atom. The van der Waals surface area contributed by atoms with E-state index < -0.39 is 5.91 Å². The van der Waals surface area contributed by atoms with Crippen molar-refractivity contribution in [3.05, 3.63) is 112 Å². The third kappa shape index (κ3) is 5.33. The first-order chi connectivity index (χ1) is 17.0. The average Bonchev–Trinajstić information content (AvgIpc) is 2.88. The van der Waals surface area contributed by atoms with Crippen molar-refractivity contribution in [3.63, 3.8) is 0 Å². The Morgan fingerprint density at radius 3 is 2.60 bits per heavy atom. The van der Waals surface area contributed by atoms with Gasteiger partial charge < -0.3 is 10.1 Å². The minimum atomic E-state index is -0.549. The lowest BCUT2D eigenvalue weighted by atomic mass is 10.0. The van der Waals surface area contributed by atoms with Crippen LogP contribution in [-0.4, -0.2) is 5.91 Å². The smallest absolute Gasteiger partial charge is 0.266 e. The lowest BCUT2D eigenvalue weighted by Crippen LogP contribution is -2.14. The first kappa shape index (κ1) is 23.6. The average molecular weight is 478 g/mol. The lowest BCUT2D eigenvalue weighted by molar-refractivity contribution is -0.112. The summed E-state index contributed by atoms with van der Waals surface area (Å²) in [4.78, 5) is 13.0. The summed E-state index contributed by atoms with van der Waals surface area (Å²) >= 11 is 6.07. The van der Waals surface area contributed by atoms with Crippen LogP contribution in [0.1, 0.15) is 22.3 Å². The van der Waals surface area contributed by atoms with E-state index in [9.17, 15) is 15.3 Å². The summed E-state index contributed by atoms with van der Waals surface area (Å²) in [5.41, 5.74) is 3.15. The molecule has 35 heavy (non-hydrogen) atoms. The number of nitrogens with one attached hydrogen (secondary N) is 1. The van der Waals surface area contributed by atoms with E-state index >= 15 is 0 Å². The molecule has 0 saturated heterocycles. The molecule has 4 aromatic carbocycles. The van der Waals surface area contributed by atoms with E-state index in [-0.39, 0.29) is 12.2 Å². The molecule has 170 valence electrons. The number of amides is 1. The standard InChI is InChI=1S/C29H20ClN3O2/c1-19-10-12-24(30)15-27(19)33-29(34)23(17-32)14-26-25-9-5-4-6-20(25)11-13-28(26)35-18-22-8-3-2-7-21(22)16-31/h2-15H,18H2,1H3,(H,33,34)/b23-14+. The third-order valence-electron chi connectivity index (χ3n) is 5.55. The summed E-state index contributed by atoms with van der Waals surface area (Å²) in [5.74, 6) is -0.0532. The van der Waals surface area contributed by atoms with Crippen molar-refractivity contribution >= 4 is 40.0 Å². The van der Waals surface area contributed by atoms with Crippen LogP contribution in [0, 0.1) is 29.6 Å². The number of carbonyl (C=O) groups excluding carboxylic acids is 1. The highest BCUT2D eigenvalue weighted by Gasteiger charge is 2.15. The van der Waals surface area contributed by atoms with Crippen molar-refractivity contribution in [1.29, 1.82) is 10.5 Å². The predicted octanol–water partition coefficient (Wildman–Crippen LogP) is 6.80. The molecular formula is C29H20ClN3O2. The SMILES string of the molecule is Cc1ccc(Cl)cc1NC(=O)/C(C#N)=C/c1c(OCc2ccccc2C#N)ccc2ccccc12. The lowest BCUT2D eigenvalue weighted by Gasteiger charge is -2.14. The van der Waals surface area contributed by atoms with Gasteiger partial charge in [0.05, 0.1) is 11.6 Å². The van der Waals surface area contributed by atoms with E-state index in [0.29, 0.717) is 27.6 Å². The number of aryl methyl sites for hydroxylation is 1. The normalized spacial score (nSPS) is 10.9. The van der Waals surface area contributed by atoms with E-state index in [1.807, 2.05) is 55.5 Å². The minimum absolute atomic E-state index is 0.0806. The first-order valence-corrected chi connectivity index (χ1v) is 11.2. The van der Waals surface area contributed by atoms with Gasteiger partial charge in [0.15, 0.2) is 0 Å². The van der Waals surface area contributed by atoms with Crippen molar-refractivity contribution in [2.24, 2.45) is 0 Å². The van der Waals surface area contributed by atoms with Crippen LogP contribution in [-0.2, 0) is 11.4 Å². The maximum Gasteiger partial charge on any atom is 0.266 e. The van der Waals surface area contributed by atoms with Gasteiger partial charge in [-0.2, -0.15) is 10.5 Å². The molecule has 0 saturated carbocycles. The van der Waals surface area contributed by atoms with Gasteiger partial charge in [-0.1, -0.05) is 66.2 Å². The van der Waals surface area contributed by atoms with Gasteiger partial charge in [-0.25, -0.2) is 0 Å². The van der Waals surface area contributed by atoms with Crippen molar-refractivity contribution in [2.45, 2.75) is 13.5 Å². The number of halogens is 1. The second-order valence-electron chi connectivity index (χ2n) is 7.84. The van der Waals surface area contributed by atoms with Crippen molar-refractivity contribution in [1.82, 2.24) is 0 Å². The third-order valence-corrected chi connectivity index (χ3v) is 5.79. The van der Waals surface area contributed by atoms with Gasteiger partial charge in [0.2, 0.25) is 0 Å². The monoisotopic (exact) mass is 477 g/mol. The van der Waals surface area contributed by atoms with Crippen LogP contribution in [0.3, 0.4) is 0 Å². The Kier molecular flexibility index (Phi) is 7.12. The number of benzene rings is 4. The van der Waals surface area contributed by atoms with Gasteiger partial charge in [-0.05, 0) is 53.6 Å². The van der Waals surface area contributed by atoms with Crippen LogP contribution >= 0.6 is 11.6 Å². The van der Waals surface area contributed by atoms with E-state index in [4.69, 9.17) is 16.3 Å². The van der Waals surface area contributed by atoms with Gasteiger partial charge >= 0.3 is 0 Å². The Balaban J connectivity index is 1.73. The number of hydrogen-bond acceptors (Lipinski definition) is 4. The van der Waals surface area contributed by atoms with Gasteiger partial charge in [0.1, 0.15) is 24.0 Å². The fourth-order valence-electron chi connectivity index (χ4n) is 3.67. The number of carbonyl (C=O) groups is 1. The molecule has 0 aliphatic carbocycles. The molecule has 0 fully saturated rings. The highest BCUT2D eigenvalue weighted by molar-refractivity contribution is 6.31. The largest absolute Gasteiger partial charge is 0.488 e. The summed E-state index contributed by atoms with van der Waals surface area (Å²) in [6.45, 7) is 2.01. The molecule has 0 bridgehead atoms. The Labute approximate surface area is 208 Å². The first-order valence-electron chi connectivity index (χ1n) is 10.8. The molecule has 4 rings (SSSR count). The zero-order chi connectivity index (χ0) is 24.8. The summed E-state index contributed by atoms with van der Waals surface area (Å²) in [5, 5.41) is 24.2. The summed E-state index contributed by atoms with van der Waals surface area (Å²) in [6.07, 6.45) is 1.53. The molecule has 1 amide bonds. The van der Waals surface area contributed by atoms with Gasteiger partial charge in [0.25, 0.3) is 5.91 Å². The molecule has 4 aromatic rings. The summed E-state index contributed by atoms with van der Waals surface area (Å²) < 4.78 is 6.10. The molecule has 0 unspecified atom stereocenters. The van der Waals surface area contributed by atoms with Crippen LogP contribution in [0.15, 0.2) is 84.4 Å². The minimum Gasteiger partial charge on any atom is -0.488 e. The molecule has 5 nitrogen and oxygen atoms in total. The molecule has 6 heteroatoms. The molecule has 0 aliphatic heterocycles. The molecule has 0 atom stereocenters. The van der Waals surface area contributed by atoms with E-state index in [1.54, 1.807) is 36.4 Å². The zero-order valence-electron chi connectivity index (χ0n) is 18.9.